The number of pyridine rings is 1. The molecule has 0 bridgehead atoms. The Kier molecular flexibility index (Phi) is 3.60. The monoisotopic (exact) mass is 270 g/mol. The molecule has 104 valence electrons. The van der Waals surface area contributed by atoms with E-state index in [2.05, 4.69) is 15.4 Å². The maximum Gasteiger partial charge on any atom is 0.267 e. The third-order valence-corrected chi connectivity index (χ3v) is 3.76. The molecule has 0 radical (unpaired) electrons. The van der Waals surface area contributed by atoms with Crippen molar-refractivity contribution < 1.29 is 0 Å². The molecule has 20 heavy (non-hydrogen) atoms. The van der Waals surface area contributed by atoms with Crippen LogP contribution in [0.15, 0.2) is 35.4 Å². The number of piperidine rings is 1. The van der Waals surface area contributed by atoms with Crippen LogP contribution in [0.25, 0.3) is 11.3 Å². The molecule has 3 rings (SSSR count). The molecular formula is C15H18N4O. The molecule has 0 saturated carbocycles. The Hall–Kier alpha value is -2.01. The summed E-state index contributed by atoms with van der Waals surface area (Å²) in [6.45, 7) is 3.81. The second-order valence-corrected chi connectivity index (χ2v) is 5.18. The second-order valence-electron chi connectivity index (χ2n) is 5.18. The van der Waals surface area contributed by atoms with Crippen molar-refractivity contribution in [2.24, 2.45) is 0 Å². The van der Waals surface area contributed by atoms with Gasteiger partial charge in [0.15, 0.2) is 0 Å². The van der Waals surface area contributed by atoms with Gasteiger partial charge in [0, 0.05) is 24.0 Å². The van der Waals surface area contributed by atoms with Crippen molar-refractivity contribution in [1.29, 1.82) is 0 Å². The molecule has 1 fully saturated rings. The van der Waals surface area contributed by atoms with Gasteiger partial charge in [0.05, 0.1) is 11.7 Å². The quantitative estimate of drug-likeness (QED) is 0.899. The minimum atomic E-state index is -0.00722. The molecule has 0 aromatic carbocycles. The van der Waals surface area contributed by atoms with Gasteiger partial charge in [-0.3, -0.25) is 9.78 Å². The van der Waals surface area contributed by atoms with Crippen LogP contribution in [-0.4, -0.2) is 27.9 Å². The molecule has 1 N–H and O–H groups in total. The van der Waals surface area contributed by atoms with E-state index in [9.17, 15) is 4.79 Å². The fraction of sp³-hybridized carbons (Fsp3) is 0.400. The third-order valence-electron chi connectivity index (χ3n) is 3.76. The van der Waals surface area contributed by atoms with Gasteiger partial charge in [0.25, 0.3) is 5.56 Å². The van der Waals surface area contributed by atoms with Crippen LogP contribution in [-0.2, 0) is 0 Å². The van der Waals surface area contributed by atoms with Crippen LogP contribution in [0.5, 0.6) is 0 Å². The van der Waals surface area contributed by atoms with Crippen molar-refractivity contribution in [3.05, 3.63) is 46.5 Å². The highest BCUT2D eigenvalue weighted by atomic mass is 16.1. The van der Waals surface area contributed by atoms with Gasteiger partial charge in [0.2, 0.25) is 0 Å². The summed E-state index contributed by atoms with van der Waals surface area (Å²) in [6.07, 6.45) is 5.39. The van der Waals surface area contributed by atoms with E-state index >= 15 is 0 Å². The SMILES string of the molecule is Cc1cc(=O)n(C2CCNCC2)nc1-c1ccncc1. The van der Waals surface area contributed by atoms with Gasteiger partial charge in [-0.2, -0.15) is 5.10 Å². The van der Waals surface area contributed by atoms with E-state index in [1.54, 1.807) is 23.1 Å². The molecule has 1 saturated heterocycles. The van der Waals surface area contributed by atoms with Crippen molar-refractivity contribution in [3.8, 4) is 11.3 Å². The number of hydrogen-bond acceptors (Lipinski definition) is 4. The van der Waals surface area contributed by atoms with Crippen LogP contribution in [0, 0.1) is 6.92 Å². The summed E-state index contributed by atoms with van der Waals surface area (Å²) in [7, 11) is 0. The summed E-state index contributed by atoms with van der Waals surface area (Å²) < 4.78 is 1.66. The van der Waals surface area contributed by atoms with Crippen LogP contribution in [0.1, 0.15) is 24.4 Å². The summed E-state index contributed by atoms with van der Waals surface area (Å²) in [6, 6.07) is 5.73. The highest BCUT2D eigenvalue weighted by Crippen LogP contribution is 2.21. The summed E-state index contributed by atoms with van der Waals surface area (Å²) >= 11 is 0. The van der Waals surface area contributed by atoms with E-state index in [0.29, 0.717) is 0 Å². The molecule has 2 aromatic rings. The normalized spacial score (nSPS) is 16.2. The summed E-state index contributed by atoms with van der Waals surface area (Å²) in [5.41, 5.74) is 2.77. The van der Waals surface area contributed by atoms with Gasteiger partial charge in [-0.25, -0.2) is 4.68 Å². The topological polar surface area (TPSA) is 59.8 Å². The first-order valence-electron chi connectivity index (χ1n) is 6.97. The molecule has 0 amide bonds. The molecule has 0 aliphatic carbocycles. The molecule has 5 heteroatoms. The van der Waals surface area contributed by atoms with E-state index in [-0.39, 0.29) is 11.6 Å². The lowest BCUT2D eigenvalue weighted by Gasteiger charge is -2.24. The number of nitrogens with zero attached hydrogens (tertiary/aromatic N) is 3. The number of aryl methyl sites for hydroxylation is 1. The predicted molar refractivity (Wildman–Crippen MR) is 77.6 cm³/mol. The molecule has 1 aliphatic heterocycles. The minimum Gasteiger partial charge on any atom is -0.317 e. The Balaban J connectivity index is 2.05. The smallest absolute Gasteiger partial charge is 0.267 e. The molecule has 2 aromatic heterocycles. The first kappa shape index (κ1) is 13.0. The average molecular weight is 270 g/mol. The molecule has 1 aliphatic rings. The maximum absolute atomic E-state index is 12.2. The number of nitrogens with one attached hydrogen (secondary N) is 1. The maximum atomic E-state index is 12.2. The van der Waals surface area contributed by atoms with Crippen molar-refractivity contribution in [2.45, 2.75) is 25.8 Å². The van der Waals surface area contributed by atoms with Crippen LogP contribution in [0.2, 0.25) is 0 Å². The fourth-order valence-electron chi connectivity index (χ4n) is 2.66. The second kappa shape index (κ2) is 5.54. The minimum absolute atomic E-state index is 0.00722. The lowest BCUT2D eigenvalue weighted by molar-refractivity contribution is 0.332. The van der Waals surface area contributed by atoms with Gasteiger partial charge in [-0.05, 0) is 50.6 Å². The van der Waals surface area contributed by atoms with Gasteiger partial charge >= 0.3 is 0 Å². The van der Waals surface area contributed by atoms with Crippen LogP contribution >= 0.6 is 0 Å². The first-order valence-corrected chi connectivity index (χ1v) is 6.97. The van der Waals surface area contributed by atoms with Gasteiger partial charge in [0.1, 0.15) is 0 Å². The summed E-state index contributed by atoms with van der Waals surface area (Å²) in [4.78, 5) is 16.2. The lowest BCUT2D eigenvalue weighted by Crippen LogP contribution is -2.35. The standard InChI is InChI=1S/C15H18N4O/c1-11-10-14(20)19(13-4-8-17-9-5-13)18-15(11)12-2-6-16-7-3-12/h2-3,6-7,10,13,17H,4-5,8-9H2,1H3. The van der Waals surface area contributed by atoms with Crippen molar-refractivity contribution in [2.75, 3.05) is 13.1 Å². The highest BCUT2D eigenvalue weighted by Gasteiger charge is 2.18. The number of aromatic nitrogens is 3. The largest absolute Gasteiger partial charge is 0.317 e. The molecule has 0 atom stereocenters. The van der Waals surface area contributed by atoms with E-state index in [0.717, 1.165) is 42.8 Å². The molecule has 0 spiro atoms. The third kappa shape index (κ3) is 2.49. The van der Waals surface area contributed by atoms with Crippen LogP contribution in [0.4, 0.5) is 0 Å². The molecule has 0 unspecified atom stereocenters. The summed E-state index contributed by atoms with van der Waals surface area (Å²) in [5, 5.41) is 7.92. The Bertz CT molecular complexity index is 645. The molecule has 3 heterocycles. The first-order chi connectivity index (χ1) is 9.75. The van der Waals surface area contributed by atoms with Gasteiger partial charge in [-0.1, -0.05) is 0 Å². The van der Waals surface area contributed by atoms with E-state index < -0.39 is 0 Å². The number of rotatable bonds is 2. The van der Waals surface area contributed by atoms with Crippen molar-refractivity contribution in [1.82, 2.24) is 20.1 Å². The zero-order valence-corrected chi connectivity index (χ0v) is 11.5. The predicted octanol–water partition coefficient (Wildman–Crippen LogP) is 1.54. The zero-order chi connectivity index (χ0) is 13.9. The van der Waals surface area contributed by atoms with Crippen molar-refractivity contribution in [3.63, 3.8) is 0 Å². The fourth-order valence-corrected chi connectivity index (χ4v) is 2.66. The Labute approximate surface area is 117 Å². The lowest BCUT2D eigenvalue weighted by atomic mass is 10.1. The highest BCUT2D eigenvalue weighted by molar-refractivity contribution is 5.61. The molecular weight excluding hydrogens is 252 g/mol. The summed E-state index contributed by atoms with van der Waals surface area (Å²) in [5.74, 6) is 0. The zero-order valence-electron chi connectivity index (χ0n) is 11.5. The Morgan fingerprint density at radius 2 is 1.95 bits per heavy atom. The van der Waals surface area contributed by atoms with Gasteiger partial charge in [-0.15, -0.1) is 0 Å². The van der Waals surface area contributed by atoms with Crippen LogP contribution in [0.3, 0.4) is 0 Å². The Morgan fingerprint density at radius 1 is 1.25 bits per heavy atom. The average Bonchev–Trinajstić information content (AvgIpc) is 2.49. The van der Waals surface area contributed by atoms with E-state index in [1.807, 2.05) is 19.1 Å². The Morgan fingerprint density at radius 3 is 2.65 bits per heavy atom. The number of hydrogen-bond donors (Lipinski definition) is 1. The van der Waals surface area contributed by atoms with E-state index in [4.69, 9.17) is 0 Å². The van der Waals surface area contributed by atoms with Crippen molar-refractivity contribution >= 4 is 0 Å². The molecule has 5 nitrogen and oxygen atoms in total. The van der Waals surface area contributed by atoms with Crippen LogP contribution < -0.4 is 10.9 Å². The van der Waals surface area contributed by atoms with Gasteiger partial charge < -0.3 is 5.32 Å². The van der Waals surface area contributed by atoms with E-state index in [1.165, 1.54) is 0 Å².